The number of hydrogen-bond acceptors (Lipinski definition) is 3. The van der Waals surface area contributed by atoms with Gasteiger partial charge < -0.3 is 15.5 Å². The van der Waals surface area contributed by atoms with Crippen molar-refractivity contribution in [1.82, 2.24) is 5.32 Å². The van der Waals surface area contributed by atoms with Crippen molar-refractivity contribution in [2.45, 2.75) is 12.5 Å². The molecule has 0 saturated heterocycles. The minimum Gasteiger partial charge on any atom is -0.480 e. The first kappa shape index (κ1) is 14.6. The third kappa shape index (κ3) is 3.51. The van der Waals surface area contributed by atoms with Gasteiger partial charge in [-0.05, 0) is 28.1 Å². The lowest BCUT2D eigenvalue weighted by Gasteiger charge is -2.14. The number of carboxylic acid groups (broad SMARTS) is 1. The highest BCUT2D eigenvalue weighted by Gasteiger charge is 2.23. The zero-order chi connectivity index (χ0) is 13.7. The van der Waals surface area contributed by atoms with Gasteiger partial charge in [0, 0.05) is 17.5 Å². The first-order valence-corrected chi connectivity index (χ1v) is 5.85. The Hall–Kier alpha value is -1.47. The molecule has 0 aromatic heterocycles. The van der Waals surface area contributed by atoms with Gasteiger partial charge in [0.2, 0.25) is 0 Å². The molecule has 0 fully saturated rings. The van der Waals surface area contributed by atoms with E-state index >= 15 is 0 Å². The molecule has 1 aromatic rings. The van der Waals surface area contributed by atoms with E-state index in [-0.39, 0.29) is 16.5 Å². The molecule has 0 aliphatic heterocycles. The largest absolute Gasteiger partial charge is 0.480 e. The molecule has 0 aliphatic rings. The Morgan fingerprint density at radius 2 is 2.11 bits per heavy atom. The molecule has 98 valence electrons. The zero-order valence-electron chi connectivity index (χ0n) is 9.19. The van der Waals surface area contributed by atoms with E-state index in [0.29, 0.717) is 0 Å². The Morgan fingerprint density at radius 3 is 2.61 bits per heavy atom. The molecule has 1 aromatic carbocycles. The summed E-state index contributed by atoms with van der Waals surface area (Å²) in [6.45, 7) is -0.393. The molecule has 0 bridgehead atoms. The van der Waals surface area contributed by atoms with Crippen molar-refractivity contribution in [1.29, 1.82) is 0 Å². The van der Waals surface area contributed by atoms with Crippen LogP contribution in [0.2, 0.25) is 0 Å². The van der Waals surface area contributed by atoms with Crippen LogP contribution < -0.4 is 5.32 Å². The molecular formula is C11H11BrFNO4. The van der Waals surface area contributed by atoms with Crippen molar-refractivity contribution in [2.24, 2.45) is 0 Å². The van der Waals surface area contributed by atoms with Gasteiger partial charge in [-0.25, -0.2) is 9.18 Å². The summed E-state index contributed by atoms with van der Waals surface area (Å²) in [6, 6.07) is 2.73. The van der Waals surface area contributed by atoms with Crippen molar-refractivity contribution in [3.63, 3.8) is 0 Å². The fourth-order valence-electron chi connectivity index (χ4n) is 1.33. The Kier molecular flexibility index (Phi) is 5.24. The van der Waals surface area contributed by atoms with Crippen LogP contribution >= 0.6 is 15.9 Å². The highest BCUT2D eigenvalue weighted by molar-refractivity contribution is 9.10. The number of aliphatic hydroxyl groups excluding tert-OH is 1. The summed E-state index contributed by atoms with van der Waals surface area (Å²) in [5.74, 6) is -2.89. The van der Waals surface area contributed by atoms with E-state index in [1.807, 2.05) is 0 Å². The molecule has 5 nitrogen and oxygen atoms in total. The smallest absolute Gasteiger partial charge is 0.326 e. The number of carbonyl (C=O) groups excluding carboxylic acids is 1. The third-order valence-electron chi connectivity index (χ3n) is 2.21. The highest BCUT2D eigenvalue weighted by Crippen LogP contribution is 2.19. The van der Waals surface area contributed by atoms with Crippen LogP contribution in [0.4, 0.5) is 4.39 Å². The second-order valence-electron chi connectivity index (χ2n) is 3.47. The summed E-state index contributed by atoms with van der Waals surface area (Å²) >= 11 is 3.02. The highest BCUT2D eigenvalue weighted by atomic mass is 79.9. The number of hydrogen-bond donors (Lipinski definition) is 3. The van der Waals surface area contributed by atoms with Gasteiger partial charge in [-0.3, -0.25) is 4.79 Å². The van der Waals surface area contributed by atoms with E-state index in [4.69, 9.17) is 10.2 Å². The molecule has 0 heterocycles. The Labute approximate surface area is 111 Å². The summed E-state index contributed by atoms with van der Waals surface area (Å²) in [6.07, 6.45) is -0.146. The molecule has 1 unspecified atom stereocenters. The normalized spacial score (nSPS) is 11.9. The van der Waals surface area contributed by atoms with Crippen molar-refractivity contribution < 1.29 is 24.2 Å². The SMILES string of the molecule is O=C(NC(CCO)C(=O)O)c1c(F)cccc1Br. The quantitative estimate of drug-likeness (QED) is 0.760. The molecule has 0 saturated carbocycles. The van der Waals surface area contributed by atoms with Crippen LogP contribution in [0.15, 0.2) is 22.7 Å². The standard InChI is InChI=1S/C11H11BrFNO4/c12-6-2-1-3-7(13)9(6)10(16)14-8(4-5-15)11(17)18/h1-3,8,15H,4-5H2,(H,14,16)(H,17,18). The van der Waals surface area contributed by atoms with Gasteiger partial charge in [0.05, 0.1) is 5.56 Å². The third-order valence-corrected chi connectivity index (χ3v) is 2.87. The molecule has 1 atom stereocenters. The average molecular weight is 320 g/mol. The van der Waals surface area contributed by atoms with E-state index in [0.717, 1.165) is 6.07 Å². The van der Waals surface area contributed by atoms with Gasteiger partial charge in [-0.1, -0.05) is 6.07 Å². The predicted molar refractivity (Wildman–Crippen MR) is 64.7 cm³/mol. The summed E-state index contributed by atoms with van der Waals surface area (Å²) < 4.78 is 13.7. The van der Waals surface area contributed by atoms with Crippen molar-refractivity contribution >= 4 is 27.8 Å². The molecule has 0 aliphatic carbocycles. The van der Waals surface area contributed by atoms with E-state index in [9.17, 15) is 14.0 Å². The molecule has 3 N–H and O–H groups in total. The maximum Gasteiger partial charge on any atom is 0.326 e. The number of rotatable bonds is 5. The lowest BCUT2D eigenvalue weighted by atomic mass is 10.1. The number of carbonyl (C=O) groups is 2. The minimum absolute atomic E-state index is 0.146. The van der Waals surface area contributed by atoms with E-state index in [1.165, 1.54) is 12.1 Å². The van der Waals surface area contributed by atoms with Gasteiger partial charge in [0.1, 0.15) is 11.9 Å². The van der Waals surface area contributed by atoms with E-state index in [2.05, 4.69) is 21.2 Å². The number of amides is 1. The number of carboxylic acids is 1. The van der Waals surface area contributed by atoms with Gasteiger partial charge in [-0.15, -0.1) is 0 Å². The van der Waals surface area contributed by atoms with Crippen LogP contribution in [0.25, 0.3) is 0 Å². The topological polar surface area (TPSA) is 86.6 Å². The monoisotopic (exact) mass is 319 g/mol. The summed E-state index contributed by atoms with van der Waals surface area (Å²) in [4.78, 5) is 22.5. The molecule has 7 heteroatoms. The Bertz CT molecular complexity index is 446. The summed E-state index contributed by atoms with van der Waals surface area (Å²) in [5.41, 5.74) is -0.262. The fraction of sp³-hybridized carbons (Fsp3) is 0.273. The number of aliphatic carboxylic acids is 1. The molecule has 0 radical (unpaired) electrons. The molecule has 1 rings (SSSR count). The van der Waals surface area contributed by atoms with E-state index in [1.54, 1.807) is 0 Å². The van der Waals surface area contributed by atoms with Crippen LogP contribution in [0.1, 0.15) is 16.8 Å². The zero-order valence-corrected chi connectivity index (χ0v) is 10.8. The van der Waals surface area contributed by atoms with Crippen LogP contribution in [-0.4, -0.2) is 34.7 Å². The second kappa shape index (κ2) is 6.46. The van der Waals surface area contributed by atoms with Crippen LogP contribution in [0.3, 0.4) is 0 Å². The maximum atomic E-state index is 13.5. The fourth-order valence-corrected chi connectivity index (χ4v) is 1.85. The molecule has 18 heavy (non-hydrogen) atoms. The lowest BCUT2D eigenvalue weighted by molar-refractivity contribution is -0.139. The number of benzene rings is 1. The Balaban J connectivity index is 2.90. The van der Waals surface area contributed by atoms with Crippen molar-refractivity contribution in [3.8, 4) is 0 Å². The number of nitrogens with one attached hydrogen (secondary N) is 1. The Morgan fingerprint density at radius 1 is 1.44 bits per heavy atom. The van der Waals surface area contributed by atoms with E-state index < -0.39 is 30.3 Å². The van der Waals surface area contributed by atoms with Crippen molar-refractivity contribution in [3.05, 3.63) is 34.1 Å². The van der Waals surface area contributed by atoms with Gasteiger partial charge in [0.15, 0.2) is 0 Å². The summed E-state index contributed by atoms with van der Waals surface area (Å²) in [5, 5.41) is 19.6. The molecule has 1 amide bonds. The van der Waals surface area contributed by atoms with Gasteiger partial charge >= 0.3 is 5.97 Å². The minimum atomic E-state index is -1.29. The summed E-state index contributed by atoms with van der Waals surface area (Å²) in [7, 11) is 0. The first-order chi connectivity index (χ1) is 8.47. The number of halogens is 2. The van der Waals surface area contributed by atoms with Gasteiger partial charge in [-0.2, -0.15) is 0 Å². The molecular weight excluding hydrogens is 309 g/mol. The predicted octanol–water partition coefficient (Wildman–Crippen LogP) is 1.15. The first-order valence-electron chi connectivity index (χ1n) is 5.06. The van der Waals surface area contributed by atoms with Crippen LogP contribution in [-0.2, 0) is 4.79 Å². The van der Waals surface area contributed by atoms with Crippen molar-refractivity contribution in [2.75, 3.05) is 6.61 Å². The maximum absolute atomic E-state index is 13.5. The molecule has 0 spiro atoms. The van der Waals surface area contributed by atoms with Crippen LogP contribution in [0.5, 0.6) is 0 Å². The average Bonchev–Trinajstić information content (AvgIpc) is 2.28. The van der Waals surface area contributed by atoms with Crippen LogP contribution in [0, 0.1) is 5.82 Å². The number of aliphatic hydroxyl groups is 1. The van der Waals surface area contributed by atoms with Gasteiger partial charge in [0.25, 0.3) is 5.91 Å². The lowest BCUT2D eigenvalue weighted by Crippen LogP contribution is -2.41. The second-order valence-corrected chi connectivity index (χ2v) is 4.33.